The molecule has 0 aliphatic carbocycles. The average molecular weight is 679 g/mol. The molecule has 0 radical (unpaired) electrons. The maximum Gasteiger partial charge on any atom is 0.352 e. The number of aryl methyl sites for hydroxylation is 6. The summed E-state index contributed by atoms with van der Waals surface area (Å²) in [6.07, 6.45) is 2.66. The number of carbonyl (C=O) groups excluding carboxylic acids is 1. The van der Waals surface area contributed by atoms with E-state index in [1.807, 2.05) is 50.0 Å². The summed E-state index contributed by atoms with van der Waals surface area (Å²) in [6, 6.07) is 18.3. The van der Waals surface area contributed by atoms with Crippen LogP contribution in [0.15, 0.2) is 54.6 Å². The lowest BCUT2D eigenvalue weighted by Crippen LogP contribution is -2.28. The molecule has 0 saturated heterocycles. The summed E-state index contributed by atoms with van der Waals surface area (Å²) in [7, 11) is 5.57. The summed E-state index contributed by atoms with van der Waals surface area (Å²) in [5.41, 5.74) is 7.68. The summed E-state index contributed by atoms with van der Waals surface area (Å²) < 4.78 is 11.9. The fourth-order valence-electron chi connectivity index (χ4n) is 7.32. The lowest BCUT2D eigenvalue weighted by atomic mass is 9.97. The van der Waals surface area contributed by atoms with E-state index in [4.69, 9.17) is 26.5 Å². The Bertz CT molecular complexity index is 2280. The Labute approximate surface area is 289 Å². The van der Waals surface area contributed by atoms with Gasteiger partial charge in [0.1, 0.15) is 11.4 Å². The molecule has 49 heavy (non-hydrogen) atoms. The molecule has 6 aromatic rings. The lowest BCUT2D eigenvalue weighted by molar-refractivity contribution is -0.130. The second-order valence-corrected chi connectivity index (χ2v) is 13.3. The SMILES string of the molecule is CC(=O)N1Cc2cc(n(C)n2)CCc2cc(c3ccccc3c2)OCCCc2c(C(=O)O)n(C)c3c(c(Cl)ccc23)-c2c(nn(C)c2C)C1. The van der Waals surface area contributed by atoms with Gasteiger partial charge >= 0.3 is 5.97 Å². The van der Waals surface area contributed by atoms with Crippen LogP contribution in [0.3, 0.4) is 0 Å². The molecule has 4 heterocycles. The standard InChI is InChI=1S/C38H39ClN6O4/c1-22-34-32(41-43(22)4)21-45(23(2)46)20-26-19-27(44(5)40-26)13-12-24-17-25-9-6-7-10-28(25)33(18-24)49-16-8-11-29-30-14-15-31(39)35(34)36(30)42(3)37(29)38(47)48/h6-7,9-10,14-15,17-19H,8,11-13,16,20-21H2,1-5H3,(H,47,48). The number of hydrogen-bond acceptors (Lipinski definition) is 5. The summed E-state index contributed by atoms with van der Waals surface area (Å²) in [4.78, 5) is 27.7. The highest BCUT2D eigenvalue weighted by molar-refractivity contribution is 6.35. The van der Waals surface area contributed by atoms with E-state index in [2.05, 4.69) is 30.3 Å². The topological polar surface area (TPSA) is 107 Å². The van der Waals surface area contributed by atoms with Gasteiger partial charge in [-0.15, -0.1) is 0 Å². The van der Waals surface area contributed by atoms with Gasteiger partial charge < -0.3 is 19.3 Å². The number of hydrogen-bond donors (Lipinski definition) is 1. The van der Waals surface area contributed by atoms with Crippen LogP contribution in [0.25, 0.3) is 32.8 Å². The van der Waals surface area contributed by atoms with E-state index in [-0.39, 0.29) is 18.1 Å². The summed E-state index contributed by atoms with van der Waals surface area (Å²) in [6.45, 7) is 4.47. The van der Waals surface area contributed by atoms with E-state index < -0.39 is 5.97 Å². The molecule has 0 spiro atoms. The molecular formula is C38H39ClN6O4. The van der Waals surface area contributed by atoms with Gasteiger partial charge in [-0.3, -0.25) is 14.2 Å². The van der Waals surface area contributed by atoms with Crippen molar-refractivity contribution in [1.29, 1.82) is 0 Å². The third kappa shape index (κ3) is 5.84. The third-order valence-corrected chi connectivity index (χ3v) is 10.1. The van der Waals surface area contributed by atoms with Gasteiger partial charge in [0.15, 0.2) is 0 Å². The van der Waals surface area contributed by atoms with Gasteiger partial charge in [0.25, 0.3) is 0 Å². The number of nitrogens with zero attached hydrogens (tertiary/aromatic N) is 6. The molecular weight excluding hydrogens is 640 g/mol. The van der Waals surface area contributed by atoms with Crippen LogP contribution in [0.4, 0.5) is 0 Å². The Morgan fingerprint density at radius 1 is 0.898 bits per heavy atom. The molecule has 0 fully saturated rings. The fourth-order valence-corrected chi connectivity index (χ4v) is 7.56. The Hall–Kier alpha value is -5.09. The number of aromatic carboxylic acids is 1. The van der Waals surface area contributed by atoms with Crippen LogP contribution in [-0.2, 0) is 58.3 Å². The van der Waals surface area contributed by atoms with Gasteiger partial charge in [0.05, 0.1) is 41.6 Å². The molecule has 7 rings (SSSR count). The number of fused-ring (bicyclic) bond motifs is 8. The molecule has 3 aromatic heterocycles. The van der Waals surface area contributed by atoms with Gasteiger partial charge in [-0.2, -0.15) is 10.2 Å². The van der Waals surface area contributed by atoms with Crippen molar-refractivity contribution < 1.29 is 19.4 Å². The van der Waals surface area contributed by atoms with Crippen molar-refractivity contribution >= 4 is 45.2 Å². The van der Waals surface area contributed by atoms with Crippen molar-refractivity contribution in [3.63, 3.8) is 0 Å². The number of carboxylic acid groups (broad SMARTS) is 1. The molecule has 1 N–H and O–H groups in total. The molecule has 1 aliphatic rings. The minimum Gasteiger partial charge on any atom is -0.493 e. The van der Waals surface area contributed by atoms with Crippen LogP contribution in [0.1, 0.15) is 57.7 Å². The quantitative estimate of drug-likeness (QED) is 0.205. The normalized spacial score (nSPS) is 14.1. The van der Waals surface area contributed by atoms with Gasteiger partial charge in [-0.25, -0.2) is 4.79 Å². The van der Waals surface area contributed by atoms with Gasteiger partial charge in [-0.05, 0) is 67.3 Å². The zero-order chi connectivity index (χ0) is 34.6. The van der Waals surface area contributed by atoms with E-state index in [1.165, 1.54) is 0 Å². The molecule has 8 bridgehead atoms. The highest BCUT2D eigenvalue weighted by Gasteiger charge is 2.28. The largest absolute Gasteiger partial charge is 0.493 e. The Morgan fingerprint density at radius 2 is 1.69 bits per heavy atom. The highest BCUT2D eigenvalue weighted by Crippen LogP contribution is 2.42. The van der Waals surface area contributed by atoms with Crippen molar-refractivity contribution in [2.45, 2.75) is 52.6 Å². The smallest absolute Gasteiger partial charge is 0.352 e. The molecule has 0 saturated carbocycles. The molecule has 11 heteroatoms. The maximum atomic E-state index is 13.1. The fraction of sp³-hybridized carbons (Fsp3) is 0.316. The Kier molecular flexibility index (Phi) is 8.44. The van der Waals surface area contributed by atoms with E-state index in [9.17, 15) is 14.7 Å². The predicted molar refractivity (Wildman–Crippen MR) is 190 cm³/mol. The highest BCUT2D eigenvalue weighted by atomic mass is 35.5. The van der Waals surface area contributed by atoms with Crippen molar-refractivity contribution in [2.24, 2.45) is 21.1 Å². The van der Waals surface area contributed by atoms with Gasteiger partial charge in [0.2, 0.25) is 5.91 Å². The van der Waals surface area contributed by atoms with E-state index in [1.54, 1.807) is 28.1 Å². The molecule has 1 amide bonds. The zero-order valence-electron chi connectivity index (χ0n) is 28.4. The van der Waals surface area contributed by atoms with Crippen LogP contribution in [0, 0.1) is 6.92 Å². The summed E-state index contributed by atoms with van der Waals surface area (Å²) in [5, 5.41) is 23.5. The van der Waals surface area contributed by atoms with Crippen LogP contribution in [0.5, 0.6) is 5.75 Å². The molecule has 1 aliphatic heterocycles. The van der Waals surface area contributed by atoms with Gasteiger partial charge in [-0.1, -0.05) is 48.0 Å². The second-order valence-electron chi connectivity index (χ2n) is 12.9. The average Bonchev–Trinajstić information content (AvgIpc) is 3.66. The maximum absolute atomic E-state index is 13.1. The number of amides is 1. The number of carboxylic acids is 1. The minimum atomic E-state index is -1.01. The van der Waals surface area contributed by atoms with Crippen LogP contribution in [0.2, 0.25) is 5.02 Å². The number of benzene rings is 3. The third-order valence-electron chi connectivity index (χ3n) is 9.82. The van der Waals surface area contributed by atoms with Crippen LogP contribution >= 0.6 is 11.6 Å². The van der Waals surface area contributed by atoms with Crippen LogP contribution < -0.4 is 4.74 Å². The molecule has 0 unspecified atom stereocenters. The monoisotopic (exact) mass is 678 g/mol. The molecule has 10 nitrogen and oxygen atoms in total. The Balaban J connectivity index is 1.40. The number of carbonyl (C=O) groups is 2. The summed E-state index contributed by atoms with van der Waals surface area (Å²) >= 11 is 7.01. The molecule has 3 aromatic carbocycles. The first kappa shape index (κ1) is 32.5. The zero-order valence-corrected chi connectivity index (χ0v) is 29.1. The first-order valence-corrected chi connectivity index (χ1v) is 16.9. The number of ether oxygens (including phenoxy) is 1. The van der Waals surface area contributed by atoms with Crippen molar-refractivity contribution in [3.8, 4) is 16.9 Å². The molecule has 0 atom stereocenters. The first-order valence-electron chi connectivity index (χ1n) is 16.5. The van der Waals surface area contributed by atoms with Crippen molar-refractivity contribution in [2.75, 3.05) is 6.61 Å². The van der Waals surface area contributed by atoms with E-state index in [0.29, 0.717) is 47.8 Å². The second kappa shape index (κ2) is 12.7. The first-order chi connectivity index (χ1) is 23.5. The molecule has 252 valence electrons. The van der Waals surface area contributed by atoms with E-state index >= 15 is 0 Å². The predicted octanol–water partition coefficient (Wildman–Crippen LogP) is 6.78. The van der Waals surface area contributed by atoms with Gasteiger partial charge in [0, 0.05) is 61.4 Å². The summed E-state index contributed by atoms with van der Waals surface area (Å²) in [5.74, 6) is -0.306. The van der Waals surface area contributed by atoms with Crippen molar-refractivity contribution in [1.82, 2.24) is 29.0 Å². The Morgan fingerprint density at radius 3 is 2.47 bits per heavy atom. The van der Waals surface area contributed by atoms with Crippen LogP contribution in [-0.4, -0.2) is 52.6 Å². The number of halogens is 1. The minimum absolute atomic E-state index is 0.109. The van der Waals surface area contributed by atoms with E-state index in [0.717, 1.165) is 68.5 Å². The number of aromatic nitrogens is 5. The van der Waals surface area contributed by atoms with Crippen molar-refractivity contribution in [3.05, 3.63) is 99.2 Å². The number of rotatable bonds is 1. The lowest BCUT2D eigenvalue weighted by Gasteiger charge is -2.20.